The molecule has 0 fully saturated rings. The maximum atomic E-state index is 12.9. The number of hydrogen-bond donors (Lipinski definition) is 0. The summed E-state index contributed by atoms with van der Waals surface area (Å²) in [6.45, 7) is 3.34. The van der Waals surface area contributed by atoms with Gasteiger partial charge in [0.05, 0.1) is 30.1 Å². The highest BCUT2D eigenvalue weighted by molar-refractivity contribution is 6.34. The smallest absolute Gasteiger partial charge is 0.311 e. The lowest BCUT2D eigenvalue weighted by molar-refractivity contribution is -0.255. The standard InChI is InChI=1S/C22H19ClN2O6/c1-4-20(26)31-18-8-5-13(10-19(18)30-3)9-15-12(2)24-25(21(15)27)14-6-7-17(23)16(11-14)22(28)29/h5-11H,4H2,1-3H3,(H,28,29)/p-1/b15-9+. The number of carbonyl (C=O) groups is 3. The molecule has 160 valence electrons. The van der Waals surface area contributed by atoms with E-state index in [2.05, 4.69) is 5.10 Å². The number of amides is 1. The van der Waals surface area contributed by atoms with Gasteiger partial charge in [0.2, 0.25) is 0 Å². The van der Waals surface area contributed by atoms with E-state index in [-0.39, 0.29) is 28.4 Å². The molecule has 0 unspecified atom stereocenters. The van der Waals surface area contributed by atoms with E-state index in [0.717, 1.165) is 5.01 Å². The molecular weight excluding hydrogens is 424 g/mol. The van der Waals surface area contributed by atoms with Crippen LogP contribution >= 0.6 is 11.6 Å². The molecule has 8 nitrogen and oxygen atoms in total. The van der Waals surface area contributed by atoms with Gasteiger partial charge in [0.1, 0.15) is 0 Å². The van der Waals surface area contributed by atoms with E-state index in [1.165, 1.54) is 25.3 Å². The van der Waals surface area contributed by atoms with Crippen LogP contribution in [0.1, 0.15) is 36.2 Å². The van der Waals surface area contributed by atoms with Crippen molar-refractivity contribution in [3.8, 4) is 11.5 Å². The number of rotatable bonds is 6. The first kappa shape index (κ1) is 22.0. The summed E-state index contributed by atoms with van der Waals surface area (Å²) < 4.78 is 10.5. The minimum Gasteiger partial charge on any atom is -0.545 e. The molecule has 0 bridgehead atoms. The Morgan fingerprint density at radius 1 is 1.19 bits per heavy atom. The Balaban J connectivity index is 1.92. The topological polar surface area (TPSA) is 108 Å². The lowest BCUT2D eigenvalue weighted by atomic mass is 10.1. The summed E-state index contributed by atoms with van der Waals surface area (Å²) in [5, 5.41) is 16.6. The molecule has 31 heavy (non-hydrogen) atoms. The number of ether oxygens (including phenoxy) is 2. The first-order chi connectivity index (χ1) is 14.7. The molecule has 1 aliphatic rings. The summed E-state index contributed by atoms with van der Waals surface area (Å²) >= 11 is 5.87. The maximum absolute atomic E-state index is 12.9. The van der Waals surface area contributed by atoms with Crippen molar-refractivity contribution < 1.29 is 29.0 Å². The van der Waals surface area contributed by atoms with Gasteiger partial charge in [0, 0.05) is 17.0 Å². The first-order valence-corrected chi connectivity index (χ1v) is 9.64. The molecule has 0 saturated carbocycles. The monoisotopic (exact) mass is 441 g/mol. The normalized spacial score (nSPS) is 14.6. The third-order valence-corrected chi connectivity index (χ3v) is 4.82. The highest BCUT2D eigenvalue weighted by Gasteiger charge is 2.29. The van der Waals surface area contributed by atoms with Gasteiger partial charge in [-0.05, 0) is 48.9 Å². The zero-order valence-corrected chi connectivity index (χ0v) is 17.7. The second kappa shape index (κ2) is 9.01. The number of esters is 1. The van der Waals surface area contributed by atoms with Crippen LogP contribution in [0.25, 0.3) is 6.08 Å². The van der Waals surface area contributed by atoms with Crippen LogP contribution in [0.4, 0.5) is 5.69 Å². The van der Waals surface area contributed by atoms with Crippen LogP contribution in [0.3, 0.4) is 0 Å². The molecule has 0 aromatic heterocycles. The number of anilines is 1. The first-order valence-electron chi connectivity index (χ1n) is 9.26. The number of methoxy groups -OCH3 is 1. The van der Waals surface area contributed by atoms with E-state index in [1.807, 2.05) is 0 Å². The van der Waals surface area contributed by atoms with E-state index in [9.17, 15) is 19.5 Å². The van der Waals surface area contributed by atoms with E-state index >= 15 is 0 Å². The van der Waals surface area contributed by atoms with Crippen LogP contribution in [0.5, 0.6) is 11.5 Å². The second-order valence-electron chi connectivity index (χ2n) is 6.55. The lowest BCUT2D eigenvalue weighted by Crippen LogP contribution is -2.25. The molecule has 1 heterocycles. The van der Waals surface area contributed by atoms with E-state index in [0.29, 0.717) is 22.6 Å². The Labute approximate surface area is 183 Å². The van der Waals surface area contributed by atoms with Gasteiger partial charge in [-0.25, -0.2) is 0 Å². The molecule has 0 N–H and O–H groups in total. The predicted octanol–water partition coefficient (Wildman–Crippen LogP) is 2.83. The summed E-state index contributed by atoms with van der Waals surface area (Å²) in [7, 11) is 1.44. The van der Waals surface area contributed by atoms with Crippen molar-refractivity contribution in [3.05, 3.63) is 58.1 Å². The van der Waals surface area contributed by atoms with Crippen molar-refractivity contribution in [2.24, 2.45) is 5.10 Å². The van der Waals surface area contributed by atoms with Crippen molar-refractivity contribution in [2.75, 3.05) is 12.1 Å². The largest absolute Gasteiger partial charge is 0.545 e. The van der Waals surface area contributed by atoms with E-state index < -0.39 is 17.8 Å². The Kier molecular flexibility index (Phi) is 6.41. The molecule has 0 atom stereocenters. The van der Waals surface area contributed by atoms with Crippen molar-refractivity contribution in [3.63, 3.8) is 0 Å². The van der Waals surface area contributed by atoms with Crippen molar-refractivity contribution in [1.82, 2.24) is 0 Å². The summed E-state index contributed by atoms with van der Waals surface area (Å²) in [6.07, 6.45) is 1.84. The molecule has 1 amide bonds. The predicted molar refractivity (Wildman–Crippen MR) is 113 cm³/mol. The SMILES string of the molecule is CCC(=O)Oc1ccc(/C=C2/C(=O)N(c3ccc(Cl)c(C(=O)[O-])c3)N=C2C)cc1OC. The quantitative estimate of drug-likeness (QED) is 0.387. The van der Waals surface area contributed by atoms with Crippen LogP contribution in [-0.4, -0.2) is 30.7 Å². The van der Waals surface area contributed by atoms with Gasteiger partial charge in [-0.2, -0.15) is 10.1 Å². The molecule has 2 aromatic rings. The fourth-order valence-corrected chi connectivity index (χ4v) is 3.08. The highest BCUT2D eigenvalue weighted by atomic mass is 35.5. The summed E-state index contributed by atoms with van der Waals surface area (Å²) in [6, 6.07) is 8.97. The van der Waals surface area contributed by atoms with Crippen molar-refractivity contribution in [1.29, 1.82) is 0 Å². The number of hydrazone groups is 1. The fourth-order valence-electron chi connectivity index (χ4n) is 2.88. The number of aromatic carboxylic acids is 1. The Morgan fingerprint density at radius 2 is 1.94 bits per heavy atom. The van der Waals surface area contributed by atoms with E-state index in [4.69, 9.17) is 21.1 Å². The van der Waals surface area contributed by atoms with Gasteiger partial charge in [-0.3, -0.25) is 9.59 Å². The van der Waals surface area contributed by atoms with Gasteiger partial charge >= 0.3 is 5.97 Å². The highest BCUT2D eigenvalue weighted by Crippen LogP contribution is 2.31. The van der Waals surface area contributed by atoms with Crippen molar-refractivity contribution in [2.45, 2.75) is 20.3 Å². The number of carbonyl (C=O) groups excluding carboxylic acids is 3. The average molecular weight is 442 g/mol. The molecule has 0 radical (unpaired) electrons. The Hall–Kier alpha value is -3.65. The summed E-state index contributed by atoms with van der Waals surface area (Å²) in [4.78, 5) is 35.7. The van der Waals surface area contributed by atoms with Crippen LogP contribution in [0.15, 0.2) is 47.1 Å². The van der Waals surface area contributed by atoms with Crippen LogP contribution < -0.4 is 19.6 Å². The minimum atomic E-state index is -1.45. The maximum Gasteiger partial charge on any atom is 0.311 e. The third-order valence-electron chi connectivity index (χ3n) is 4.49. The fraction of sp³-hybridized carbons (Fsp3) is 0.182. The lowest BCUT2D eigenvalue weighted by Gasteiger charge is -2.14. The molecule has 1 aliphatic heterocycles. The number of nitrogens with zero attached hydrogens (tertiary/aromatic N) is 2. The number of carboxylic acid groups (broad SMARTS) is 1. The molecule has 2 aromatic carbocycles. The number of benzene rings is 2. The van der Waals surface area contributed by atoms with Gasteiger partial charge in [-0.15, -0.1) is 0 Å². The number of hydrogen-bond acceptors (Lipinski definition) is 7. The zero-order chi connectivity index (χ0) is 22.7. The third kappa shape index (κ3) is 4.59. The summed E-state index contributed by atoms with van der Waals surface area (Å²) in [5.41, 5.74) is 1.38. The van der Waals surface area contributed by atoms with Gasteiger partial charge in [0.15, 0.2) is 11.5 Å². The molecular formula is C22H18ClN2O6-. The molecule has 0 spiro atoms. The molecule has 9 heteroatoms. The minimum absolute atomic E-state index is 0.00261. The average Bonchev–Trinajstić information content (AvgIpc) is 3.03. The molecule has 3 rings (SSSR count). The Morgan fingerprint density at radius 3 is 2.58 bits per heavy atom. The van der Waals surface area contributed by atoms with E-state index in [1.54, 1.807) is 38.1 Å². The number of carboxylic acids is 1. The van der Waals surface area contributed by atoms with Crippen LogP contribution in [0, 0.1) is 0 Å². The molecule has 0 aliphatic carbocycles. The number of halogens is 1. The Bertz CT molecular complexity index is 1140. The van der Waals surface area contributed by atoms with Gasteiger partial charge in [0.25, 0.3) is 5.91 Å². The molecule has 0 saturated heterocycles. The second-order valence-corrected chi connectivity index (χ2v) is 6.96. The van der Waals surface area contributed by atoms with Crippen molar-refractivity contribution >= 4 is 46.9 Å². The zero-order valence-electron chi connectivity index (χ0n) is 17.0. The summed E-state index contributed by atoms with van der Waals surface area (Å²) in [5.74, 6) is -1.68. The van der Waals surface area contributed by atoms with Gasteiger partial charge in [-0.1, -0.05) is 24.6 Å². The van der Waals surface area contributed by atoms with Gasteiger partial charge < -0.3 is 19.4 Å². The van der Waals surface area contributed by atoms with Crippen LogP contribution in [-0.2, 0) is 9.59 Å². The van der Waals surface area contributed by atoms with Crippen LogP contribution in [0.2, 0.25) is 5.02 Å².